The van der Waals surface area contributed by atoms with Gasteiger partial charge in [-0.25, -0.2) is 14.8 Å². The molecule has 2 aliphatic rings. The van der Waals surface area contributed by atoms with Crippen LogP contribution in [0.3, 0.4) is 0 Å². The Labute approximate surface area is 215 Å². The number of imidazole rings is 1. The Bertz CT molecular complexity index is 1240. The normalized spacial score (nSPS) is 23.0. The molecule has 1 saturated heterocycles. The topological polar surface area (TPSA) is 103 Å². The molecule has 0 aromatic carbocycles. The van der Waals surface area contributed by atoms with Gasteiger partial charge in [0.1, 0.15) is 11.9 Å². The Morgan fingerprint density at radius 1 is 1.19 bits per heavy atom. The van der Waals surface area contributed by atoms with Crippen LogP contribution in [0.4, 0.5) is 4.79 Å². The lowest BCUT2D eigenvalue weighted by atomic mass is 9.83. The summed E-state index contributed by atoms with van der Waals surface area (Å²) in [7, 11) is 0. The van der Waals surface area contributed by atoms with Crippen LogP contribution in [-0.2, 0) is 16.1 Å². The number of rotatable bonds is 8. The molecular formula is C26H33ClN6O3. The van der Waals surface area contributed by atoms with Crippen LogP contribution in [0.25, 0.3) is 22.3 Å². The average Bonchev–Trinajstić information content (AvgIpc) is 3.47. The van der Waals surface area contributed by atoms with Crippen molar-refractivity contribution in [3.05, 3.63) is 41.1 Å². The number of carbonyl (C=O) groups is 1. The van der Waals surface area contributed by atoms with Gasteiger partial charge in [0.25, 0.3) is 0 Å². The third-order valence-corrected chi connectivity index (χ3v) is 7.39. The van der Waals surface area contributed by atoms with Gasteiger partial charge in [-0.05, 0) is 50.2 Å². The number of hydrogen-bond acceptors (Lipinski definition) is 7. The SMILES string of the molecule is CCOC(CC)c1nc2cc(C3NOC(=O)N3)nc(-c3cncc(Cl)c3)c2n1CC1CCC(C)CC1. The predicted molar refractivity (Wildman–Crippen MR) is 137 cm³/mol. The quantitative estimate of drug-likeness (QED) is 0.398. The lowest BCUT2D eigenvalue weighted by Crippen LogP contribution is -2.23. The average molecular weight is 513 g/mol. The van der Waals surface area contributed by atoms with Crippen molar-refractivity contribution >= 4 is 28.7 Å². The number of nitrogens with zero attached hydrogens (tertiary/aromatic N) is 4. The van der Waals surface area contributed by atoms with Gasteiger partial charge in [0.15, 0.2) is 6.17 Å². The minimum absolute atomic E-state index is 0.133. The van der Waals surface area contributed by atoms with Gasteiger partial charge < -0.3 is 14.1 Å². The number of fused-ring (bicyclic) bond motifs is 1. The maximum absolute atomic E-state index is 11.7. The summed E-state index contributed by atoms with van der Waals surface area (Å²) in [5, 5.41) is 3.26. The molecule has 0 radical (unpaired) electrons. The van der Waals surface area contributed by atoms with E-state index in [1.54, 1.807) is 12.4 Å². The van der Waals surface area contributed by atoms with Crippen LogP contribution in [0, 0.1) is 11.8 Å². The summed E-state index contributed by atoms with van der Waals surface area (Å²) in [6.07, 6.45) is 7.78. The highest BCUT2D eigenvalue weighted by atomic mass is 35.5. The smallest absolute Gasteiger partial charge is 0.371 e. The summed E-state index contributed by atoms with van der Waals surface area (Å²) in [5.41, 5.74) is 6.51. The number of halogens is 1. The van der Waals surface area contributed by atoms with E-state index >= 15 is 0 Å². The van der Waals surface area contributed by atoms with E-state index in [2.05, 4.69) is 34.2 Å². The summed E-state index contributed by atoms with van der Waals surface area (Å²) in [4.78, 5) is 31.0. The molecule has 3 aromatic rings. The first-order valence-electron chi connectivity index (χ1n) is 12.8. The maximum atomic E-state index is 11.7. The molecule has 1 aliphatic heterocycles. The molecule has 2 unspecified atom stereocenters. The predicted octanol–water partition coefficient (Wildman–Crippen LogP) is 5.70. The molecule has 0 bridgehead atoms. The third kappa shape index (κ3) is 5.05. The van der Waals surface area contributed by atoms with Gasteiger partial charge in [0, 0.05) is 31.1 Å². The van der Waals surface area contributed by atoms with Crippen molar-refractivity contribution < 1.29 is 14.4 Å². The first-order valence-corrected chi connectivity index (χ1v) is 13.2. The number of hydroxylamine groups is 1. The largest absolute Gasteiger partial charge is 0.427 e. The minimum atomic E-state index is -0.588. The summed E-state index contributed by atoms with van der Waals surface area (Å²) in [5.74, 6) is 2.24. The molecule has 9 nitrogen and oxygen atoms in total. The molecule has 10 heteroatoms. The molecule has 2 N–H and O–H groups in total. The van der Waals surface area contributed by atoms with Gasteiger partial charge >= 0.3 is 6.09 Å². The van der Waals surface area contributed by atoms with Gasteiger partial charge in [0.2, 0.25) is 0 Å². The Morgan fingerprint density at radius 2 is 2.00 bits per heavy atom. The molecule has 1 saturated carbocycles. The molecule has 192 valence electrons. The van der Waals surface area contributed by atoms with Gasteiger partial charge in [-0.1, -0.05) is 38.3 Å². The fourth-order valence-corrected chi connectivity index (χ4v) is 5.46. The van der Waals surface area contributed by atoms with E-state index in [0.29, 0.717) is 23.2 Å². The number of carbonyl (C=O) groups excluding carboxylic acids is 1. The molecule has 36 heavy (non-hydrogen) atoms. The third-order valence-electron chi connectivity index (χ3n) is 7.18. The van der Waals surface area contributed by atoms with E-state index < -0.39 is 12.3 Å². The van der Waals surface area contributed by atoms with Crippen LogP contribution in [0.2, 0.25) is 5.02 Å². The van der Waals surface area contributed by atoms with Crippen molar-refractivity contribution in [1.82, 2.24) is 30.3 Å². The number of amides is 1. The van der Waals surface area contributed by atoms with Crippen molar-refractivity contribution in [3.8, 4) is 11.3 Å². The molecule has 2 fully saturated rings. The molecule has 0 spiro atoms. The van der Waals surface area contributed by atoms with Crippen molar-refractivity contribution in [2.45, 2.75) is 71.7 Å². The van der Waals surface area contributed by atoms with Crippen LogP contribution in [-0.4, -0.2) is 32.2 Å². The second-order valence-electron chi connectivity index (χ2n) is 9.80. The first-order chi connectivity index (χ1) is 17.5. The second kappa shape index (κ2) is 10.7. The minimum Gasteiger partial charge on any atom is -0.371 e. The molecule has 2 atom stereocenters. The summed E-state index contributed by atoms with van der Waals surface area (Å²) < 4.78 is 8.45. The van der Waals surface area contributed by atoms with Crippen LogP contribution in [0.1, 0.15) is 76.7 Å². The Kier molecular flexibility index (Phi) is 7.41. The van der Waals surface area contributed by atoms with E-state index in [1.807, 2.05) is 19.1 Å². The van der Waals surface area contributed by atoms with E-state index in [4.69, 9.17) is 31.1 Å². The summed E-state index contributed by atoms with van der Waals surface area (Å²) in [6, 6.07) is 3.77. The van der Waals surface area contributed by atoms with Crippen molar-refractivity contribution in [1.29, 1.82) is 0 Å². The molecule has 5 rings (SSSR count). The Hall–Kier alpha value is -2.75. The summed E-state index contributed by atoms with van der Waals surface area (Å²) >= 11 is 6.34. The zero-order chi connectivity index (χ0) is 25.2. The highest BCUT2D eigenvalue weighted by Gasteiger charge is 2.30. The van der Waals surface area contributed by atoms with Gasteiger partial charge in [-0.2, -0.15) is 0 Å². The van der Waals surface area contributed by atoms with Crippen LogP contribution in [0.5, 0.6) is 0 Å². The van der Waals surface area contributed by atoms with Crippen molar-refractivity contribution in [3.63, 3.8) is 0 Å². The molecule has 3 aromatic heterocycles. The number of hydrogen-bond donors (Lipinski definition) is 2. The number of ether oxygens (including phenoxy) is 1. The molecular weight excluding hydrogens is 480 g/mol. The van der Waals surface area contributed by atoms with E-state index in [9.17, 15) is 4.79 Å². The Morgan fingerprint density at radius 3 is 2.67 bits per heavy atom. The van der Waals surface area contributed by atoms with E-state index in [1.165, 1.54) is 25.7 Å². The van der Waals surface area contributed by atoms with Crippen molar-refractivity contribution in [2.75, 3.05) is 6.61 Å². The van der Waals surface area contributed by atoms with Gasteiger partial charge in [-0.15, -0.1) is 5.48 Å². The van der Waals surface area contributed by atoms with Crippen LogP contribution in [0.15, 0.2) is 24.5 Å². The highest BCUT2D eigenvalue weighted by Crippen LogP contribution is 2.37. The maximum Gasteiger partial charge on any atom is 0.427 e. The molecule has 4 heterocycles. The second-order valence-corrected chi connectivity index (χ2v) is 10.2. The monoisotopic (exact) mass is 512 g/mol. The molecule has 1 amide bonds. The number of nitrogens with one attached hydrogen (secondary N) is 2. The zero-order valence-corrected chi connectivity index (χ0v) is 21.7. The van der Waals surface area contributed by atoms with E-state index in [-0.39, 0.29) is 6.10 Å². The van der Waals surface area contributed by atoms with Gasteiger partial charge in [0.05, 0.1) is 27.4 Å². The van der Waals surface area contributed by atoms with Crippen LogP contribution >= 0.6 is 11.6 Å². The van der Waals surface area contributed by atoms with E-state index in [0.717, 1.165) is 47.0 Å². The van der Waals surface area contributed by atoms with Crippen molar-refractivity contribution in [2.24, 2.45) is 11.8 Å². The standard InChI is InChI=1S/C26H33ClN6O3/c1-4-21(35-5-2)25-30-19-11-20(24-31-26(34)36-32-24)29-22(17-10-18(27)13-28-12-17)23(19)33(25)14-16-8-6-15(3)7-9-16/h10-13,15-16,21,24,32H,4-9,14H2,1-3H3,(H,31,34). The summed E-state index contributed by atoms with van der Waals surface area (Å²) in [6.45, 7) is 7.92. The zero-order valence-electron chi connectivity index (χ0n) is 21.0. The van der Waals surface area contributed by atoms with Gasteiger partial charge in [-0.3, -0.25) is 10.3 Å². The first kappa shape index (κ1) is 24.9. The number of pyridine rings is 2. The lowest BCUT2D eigenvalue weighted by molar-refractivity contribution is 0.0503. The molecule has 1 aliphatic carbocycles. The van der Waals surface area contributed by atoms with Crippen LogP contribution < -0.4 is 10.8 Å². The fourth-order valence-electron chi connectivity index (χ4n) is 5.28. The highest BCUT2D eigenvalue weighted by molar-refractivity contribution is 6.30. The Balaban J connectivity index is 1.70. The lowest BCUT2D eigenvalue weighted by Gasteiger charge is -2.28. The fraction of sp³-hybridized carbons (Fsp3) is 0.538. The number of aromatic nitrogens is 4.